The van der Waals surface area contributed by atoms with Gasteiger partial charge in [-0.25, -0.2) is 9.78 Å². The Balaban J connectivity index is 0.00000202. The number of hydroxylamine groups is 2. The van der Waals surface area contributed by atoms with Gasteiger partial charge in [0.05, 0.1) is 6.33 Å². The number of imidazole rings is 1. The molecule has 230 valence electrons. The van der Waals surface area contributed by atoms with Crippen molar-refractivity contribution in [3.63, 3.8) is 0 Å². The summed E-state index contributed by atoms with van der Waals surface area (Å²) in [6.07, 6.45) is 12.0. The zero-order valence-corrected chi connectivity index (χ0v) is 26.7. The first-order valence-electron chi connectivity index (χ1n) is 14.5. The van der Waals surface area contributed by atoms with Crippen LogP contribution in [0.5, 0.6) is 0 Å². The Morgan fingerprint density at radius 3 is 2.26 bits per heavy atom. The van der Waals surface area contributed by atoms with Gasteiger partial charge in [-0.1, -0.05) is 28.8 Å². The van der Waals surface area contributed by atoms with Crippen LogP contribution in [0.3, 0.4) is 0 Å². The highest BCUT2D eigenvalue weighted by Gasteiger charge is 2.27. The average molecular weight is 685 g/mol. The highest BCUT2D eigenvalue weighted by Crippen LogP contribution is 2.34. The molecule has 2 aliphatic carbocycles. The fourth-order valence-electron chi connectivity index (χ4n) is 6.05. The van der Waals surface area contributed by atoms with E-state index in [9.17, 15) is 4.79 Å². The van der Waals surface area contributed by atoms with E-state index < -0.39 is 6.09 Å². The van der Waals surface area contributed by atoms with E-state index in [0.717, 1.165) is 72.8 Å². The average Bonchev–Trinajstić information content (AvgIpc) is 3.63. The van der Waals surface area contributed by atoms with Crippen molar-refractivity contribution in [2.45, 2.75) is 88.4 Å². The highest BCUT2D eigenvalue weighted by atomic mass is 79.9. The van der Waals surface area contributed by atoms with Crippen molar-refractivity contribution in [2.24, 2.45) is 5.73 Å². The lowest BCUT2D eigenvalue weighted by molar-refractivity contribution is -0.106. The second-order valence-electron chi connectivity index (χ2n) is 11.3. The number of anilines is 3. The molecule has 3 heterocycles. The third kappa shape index (κ3) is 7.96. The molecule has 3 aliphatic rings. The van der Waals surface area contributed by atoms with Crippen LogP contribution in [0.25, 0.3) is 11.2 Å². The highest BCUT2D eigenvalue weighted by molar-refractivity contribution is 9.10. The third-order valence-corrected chi connectivity index (χ3v) is 8.87. The van der Waals surface area contributed by atoms with Crippen molar-refractivity contribution in [3.8, 4) is 0 Å². The van der Waals surface area contributed by atoms with Crippen molar-refractivity contribution in [1.29, 1.82) is 0 Å². The monoisotopic (exact) mass is 683 g/mol. The summed E-state index contributed by atoms with van der Waals surface area (Å²) in [6, 6.07) is 8.65. The van der Waals surface area contributed by atoms with Gasteiger partial charge in [0.1, 0.15) is 0 Å². The van der Waals surface area contributed by atoms with E-state index in [1.54, 1.807) is 5.06 Å². The topological polar surface area (TPSA) is 135 Å². The molecule has 2 saturated carbocycles. The molecule has 6 rings (SSSR count). The summed E-state index contributed by atoms with van der Waals surface area (Å²) in [6.45, 7) is 1.26. The summed E-state index contributed by atoms with van der Waals surface area (Å²) in [5.74, 6) is 1.42. The van der Waals surface area contributed by atoms with E-state index >= 15 is 0 Å². The molecule has 3 fully saturated rings. The SMILES string of the molecule is Cl.Cl.N[C@H]1CC[C@H](Nc2nc(NC3CCN(OC(=O)Nc4ccc(Br)cc4)CC3)c3ncn(C4CCCC4)c3n2)CC1. The first-order valence-corrected chi connectivity index (χ1v) is 15.3. The summed E-state index contributed by atoms with van der Waals surface area (Å²) in [5, 5.41) is 11.7. The minimum atomic E-state index is -0.483. The molecule has 0 atom stereocenters. The number of nitrogens with one attached hydrogen (secondary N) is 3. The molecule has 1 aromatic carbocycles. The van der Waals surface area contributed by atoms with E-state index in [1.165, 1.54) is 12.8 Å². The van der Waals surface area contributed by atoms with Crippen LogP contribution in [-0.4, -0.2) is 61.9 Å². The standard InChI is InChI=1S/C28H38BrN9O2.2ClH/c29-18-5-9-21(10-6-18)34-28(39)40-37-15-13-22(14-16-37)32-25-24-26(38(17-31-24)23-3-1-2-4-23)36-27(35-25)33-20-11-7-19(30)8-12-20;;/h5-6,9-10,17,19-20,22-23H,1-4,7-8,11-16,30H2,(H,34,39)(H2,32,33,35,36);2*1H/t19-,20-;;. The molecule has 0 spiro atoms. The Labute approximate surface area is 267 Å². The maximum Gasteiger partial charge on any atom is 0.430 e. The van der Waals surface area contributed by atoms with Crippen molar-refractivity contribution in [2.75, 3.05) is 29.0 Å². The lowest BCUT2D eigenvalue weighted by atomic mass is 9.92. The fourth-order valence-corrected chi connectivity index (χ4v) is 6.32. The van der Waals surface area contributed by atoms with Gasteiger partial charge in [0.2, 0.25) is 5.95 Å². The van der Waals surface area contributed by atoms with Crippen LogP contribution in [0.15, 0.2) is 35.1 Å². The Morgan fingerprint density at radius 1 is 0.905 bits per heavy atom. The van der Waals surface area contributed by atoms with Gasteiger partial charge < -0.3 is 25.8 Å². The molecule has 2 aromatic heterocycles. The van der Waals surface area contributed by atoms with Crippen LogP contribution in [0.4, 0.5) is 22.2 Å². The van der Waals surface area contributed by atoms with Gasteiger partial charge in [0.15, 0.2) is 17.0 Å². The summed E-state index contributed by atoms with van der Waals surface area (Å²) >= 11 is 3.40. The number of fused-ring (bicyclic) bond motifs is 1. The number of hydrogen-bond donors (Lipinski definition) is 4. The largest absolute Gasteiger partial charge is 0.430 e. The molecule has 1 amide bonds. The first-order chi connectivity index (χ1) is 19.5. The molecule has 0 bridgehead atoms. The lowest BCUT2D eigenvalue weighted by Gasteiger charge is -2.31. The fraction of sp³-hybridized carbons (Fsp3) is 0.571. The van der Waals surface area contributed by atoms with Crippen LogP contribution < -0.4 is 21.7 Å². The minimum Gasteiger partial charge on any atom is -0.365 e. The predicted octanol–water partition coefficient (Wildman–Crippen LogP) is 6.27. The molecule has 1 saturated heterocycles. The number of halogens is 3. The van der Waals surface area contributed by atoms with Gasteiger partial charge >= 0.3 is 6.09 Å². The smallest absolute Gasteiger partial charge is 0.365 e. The van der Waals surface area contributed by atoms with E-state index in [4.69, 9.17) is 25.5 Å². The maximum atomic E-state index is 12.4. The summed E-state index contributed by atoms with van der Waals surface area (Å²) < 4.78 is 3.20. The number of amides is 1. The second kappa shape index (κ2) is 14.9. The normalized spacial score (nSPS) is 21.8. The van der Waals surface area contributed by atoms with E-state index in [2.05, 4.69) is 36.4 Å². The Kier molecular flexibility index (Phi) is 11.5. The van der Waals surface area contributed by atoms with Crippen molar-refractivity contribution >= 4 is 75.5 Å². The number of hydrogen-bond acceptors (Lipinski definition) is 9. The predicted molar refractivity (Wildman–Crippen MR) is 174 cm³/mol. The van der Waals surface area contributed by atoms with Crippen LogP contribution in [0.1, 0.15) is 70.3 Å². The van der Waals surface area contributed by atoms with Crippen LogP contribution in [0.2, 0.25) is 0 Å². The van der Waals surface area contributed by atoms with E-state index in [0.29, 0.717) is 42.9 Å². The molecule has 0 unspecified atom stereocenters. The van der Waals surface area contributed by atoms with Gasteiger partial charge in [-0.2, -0.15) is 9.97 Å². The quantitative estimate of drug-likeness (QED) is 0.227. The van der Waals surface area contributed by atoms with Gasteiger partial charge in [-0.3, -0.25) is 5.32 Å². The van der Waals surface area contributed by atoms with Crippen molar-refractivity contribution in [3.05, 3.63) is 35.1 Å². The van der Waals surface area contributed by atoms with E-state index in [1.807, 2.05) is 30.6 Å². The Hall–Kier alpha value is -2.38. The molecular formula is C28H40BrCl2N9O2. The third-order valence-electron chi connectivity index (χ3n) is 8.34. The van der Waals surface area contributed by atoms with E-state index in [-0.39, 0.29) is 30.9 Å². The minimum absolute atomic E-state index is 0. The van der Waals surface area contributed by atoms with Crippen LogP contribution in [0, 0.1) is 0 Å². The van der Waals surface area contributed by atoms with Gasteiger partial charge in [-0.05, 0) is 75.6 Å². The summed E-state index contributed by atoms with van der Waals surface area (Å²) in [7, 11) is 0. The number of benzene rings is 1. The second-order valence-corrected chi connectivity index (χ2v) is 12.2. The number of nitrogens with zero attached hydrogens (tertiary/aromatic N) is 5. The number of aromatic nitrogens is 4. The van der Waals surface area contributed by atoms with Crippen molar-refractivity contribution < 1.29 is 9.63 Å². The first kappa shape index (κ1) is 32.5. The molecule has 42 heavy (non-hydrogen) atoms. The maximum absolute atomic E-state index is 12.4. The molecule has 1 aliphatic heterocycles. The van der Waals surface area contributed by atoms with Gasteiger partial charge in [0, 0.05) is 47.4 Å². The molecule has 0 radical (unpaired) electrons. The molecule has 11 nitrogen and oxygen atoms in total. The van der Waals surface area contributed by atoms with Crippen LogP contribution in [-0.2, 0) is 4.84 Å². The number of nitrogens with two attached hydrogens (primary N) is 1. The number of carbonyl (C=O) groups is 1. The van der Waals surface area contributed by atoms with Crippen molar-refractivity contribution in [1.82, 2.24) is 24.6 Å². The Bertz CT molecular complexity index is 1310. The summed E-state index contributed by atoms with van der Waals surface area (Å²) in [4.78, 5) is 32.6. The number of piperidine rings is 1. The number of carbonyl (C=O) groups excluding carboxylic acids is 1. The zero-order chi connectivity index (χ0) is 27.5. The van der Waals surface area contributed by atoms with Gasteiger partial charge in [0.25, 0.3) is 0 Å². The van der Waals surface area contributed by atoms with Gasteiger partial charge in [-0.15, -0.1) is 29.9 Å². The molecular weight excluding hydrogens is 645 g/mol. The zero-order valence-electron chi connectivity index (χ0n) is 23.5. The lowest BCUT2D eigenvalue weighted by Crippen LogP contribution is -2.41. The number of rotatable bonds is 7. The summed E-state index contributed by atoms with van der Waals surface area (Å²) in [5.41, 5.74) is 8.53. The molecule has 14 heteroatoms. The Morgan fingerprint density at radius 2 is 1.57 bits per heavy atom. The van der Waals surface area contributed by atoms with Crippen LogP contribution >= 0.6 is 40.7 Å². The molecule has 5 N–H and O–H groups in total. The molecule has 3 aromatic rings.